The van der Waals surface area contributed by atoms with Gasteiger partial charge in [-0.15, -0.1) is 0 Å². The van der Waals surface area contributed by atoms with Gasteiger partial charge in [0.2, 0.25) is 0 Å². The summed E-state index contributed by atoms with van der Waals surface area (Å²) in [5, 5.41) is 0. The van der Waals surface area contributed by atoms with Crippen LogP contribution in [0.3, 0.4) is 0 Å². The maximum atomic E-state index is 5.81. The molecule has 2 unspecified atom stereocenters. The standard InChI is InChI=1S/C13H30N2/c1-6-12(4)9-15(5)10-13(8-14)7-11(2)3/h11-13H,6-10,14H2,1-5H3. The summed E-state index contributed by atoms with van der Waals surface area (Å²) in [6.07, 6.45) is 2.52. The van der Waals surface area contributed by atoms with Gasteiger partial charge < -0.3 is 10.6 Å². The van der Waals surface area contributed by atoms with Gasteiger partial charge in [-0.05, 0) is 37.8 Å². The van der Waals surface area contributed by atoms with E-state index in [1.165, 1.54) is 19.4 Å². The molecule has 0 rings (SSSR count). The maximum Gasteiger partial charge on any atom is 0.00189 e. The van der Waals surface area contributed by atoms with Crippen LogP contribution in [-0.4, -0.2) is 31.6 Å². The first kappa shape index (κ1) is 14.9. The van der Waals surface area contributed by atoms with Crippen LogP contribution in [0.25, 0.3) is 0 Å². The van der Waals surface area contributed by atoms with Crippen molar-refractivity contribution >= 4 is 0 Å². The van der Waals surface area contributed by atoms with Gasteiger partial charge in [-0.2, -0.15) is 0 Å². The second-order valence-electron chi connectivity index (χ2n) is 5.47. The van der Waals surface area contributed by atoms with Gasteiger partial charge in [0, 0.05) is 13.1 Å². The molecule has 2 nitrogen and oxygen atoms in total. The van der Waals surface area contributed by atoms with Crippen LogP contribution in [0, 0.1) is 17.8 Å². The topological polar surface area (TPSA) is 29.3 Å². The lowest BCUT2D eigenvalue weighted by Gasteiger charge is -2.26. The first-order valence-electron chi connectivity index (χ1n) is 6.38. The Morgan fingerprint density at radius 3 is 2.13 bits per heavy atom. The van der Waals surface area contributed by atoms with E-state index < -0.39 is 0 Å². The fourth-order valence-electron chi connectivity index (χ4n) is 2.09. The number of hydrogen-bond donors (Lipinski definition) is 1. The van der Waals surface area contributed by atoms with Crippen LogP contribution in [-0.2, 0) is 0 Å². The smallest absolute Gasteiger partial charge is 0.00189 e. The Hall–Kier alpha value is -0.0800. The highest BCUT2D eigenvalue weighted by molar-refractivity contribution is 4.67. The van der Waals surface area contributed by atoms with Crippen molar-refractivity contribution in [3.8, 4) is 0 Å². The monoisotopic (exact) mass is 214 g/mol. The van der Waals surface area contributed by atoms with Gasteiger partial charge in [0.05, 0.1) is 0 Å². The summed E-state index contributed by atoms with van der Waals surface area (Å²) in [6, 6.07) is 0. The molecular formula is C13H30N2. The molecule has 0 fully saturated rings. The minimum absolute atomic E-state index is 0.666. The quantitative estimate of drug-likeness (QED) is 0.673. The van der Waals surface area contributed by atoms with Crippen molar-refractivity contribution < 1.29 is 0 Å². The lowest BCUT2D eigenvalue weighted by atomic mass is 9.96. The molecule has 0 aromatic heterocycles. The first-order chi connectivity index (χ1) is 6.99. The van der Waals surface area contributed by atoms with Gasteiger partial charge in [0.1, 0.15) is 0 Å². The third-order valence-corrected chi connectivity index (χ3v) is 3.03. The lowest BCUT2D eigenvalue weighted by molar-refractivity contribution is 0.227. The maximum absolute atomic E-state index is 5.81. The predicted octanol–water partition coefficient (Wildman–Crippen LogP) is 2.59. The zero-order valence-corrected chi connectivity index (χ0v) is 11.3. The van der Waals surface area contributed by atoms with Crippen molar-refractivity contribution in [3.63, 3.8) is 0 Å². The van der Waals surface area contributed by atoms with E-state index in [-0.39, 0.29) is 0 Å². The minimum atomic E-state index is 0.666. The van der Waals surface area contributed by atoms with E-state index in [0.29, 0.717) is 5.92 Å². The van der Waals surface area contributed by atoms with Crippen LogP contribution in [0.1, 0.15) is 40.5 Å². The van der Waals surface area contributed by atoms with Crippen molar-refractivity contribution in [3.05, 3.63) is 0 Å². The van der Waals surface area contributed by atoms with Crippen LogP contribution in [0.5, 0.6) is 0 Å². The Morgan fingerprint density at radius 1 is 1.13 bits per heavy atom. The third-order valence-electron chi connectivity index (χ3n) is 3.03. The Morgan fingerprint density at radius 2 is 1.73 bits per heavy atom. The third kappa shape index (κ3) is 7.80. The summed E-state index contributed by atoms with van der Waals surface area (Å²) in [5.41, 5.74) is 5.81. The molecule has 0 aromatic carbocycles. The van der Waals surface area contributed by atoms with Crippen molar-refractivity contribution in [2.24, 2.45) is 23.5 Å². The molecule has 92 valence electrons. The first-order valence-corrected chi connectivity index (χ1v) is 6.38. The van der Waals surface area contributed by atoms with Crippen LogP contribution in [0.15, 0.2) is 0 Å². The van der Waals surface area contributed by atoms with E-state index in [4.69, 9.17) is 5.73 Å². The Bertz CT molecular complexity index is 145. The van der Waals surface area contributed by atoms with Crippen molar-refractivity contribution in [2.75, 3.05) is 26.7 Å². The molecule has 0 aliphatic carbocycles. The van der Waals surface area contributed by atoms with Crippen LogP contribution < -0.4 is 5.73 Å². The summed E-state index contributed by atoms with van der Waals surface area (Å²) in [7, 11) is 2.22. The van der Waals surface area contributed by atoms with Gasteiger partial charge >= 0.3 is 0 Å². The van der Waals surface area contributed by atoms with Crippen molar-refractivity contribution in [2.45, 2.75) is 40.5 Å². The highest BCUT2D eigenvalue weighted by Crippen LogP contribution is 2.12. The highest BCUT2D eigenvalue weighted by atomic mass is 15.1. The van der Waals surface area contributed by atoms with Crippen LogP contribution in [0.4, 0.5) is 0 Å². The molecule has 2 atom stereocenters. The second kappa shape index (κ2) is 8.12. The van der Waals surface area contributed by atoms with Gasteiger partial charge in [-0.1, -0.05) is 34.1 Å². The van der Waals surface area contributed by atoms with E-state index in [1.54, 1.807) is 0 Å². The number of nitrogens with two attached hydrogens (primary N) is 1. The van der Waals surface area contributed by atoms with Gasteiger partial charge in [0.25, 0.3) is 0 Å². The van der Waals surface area contributed by atoms with E-state index in [9.17, 15) is 0 Å². The van der Waals surface area contributed by atoms with Gasteiger partial charge in [-0.25, -0.2) is 0 Å². The van der Waals surface area contributed by atoms with E-state index in [1.807, 2.05) is 0 Å². The number of rotatable bonds is 8. The fourth-order valence-corrected chi connectivity index (χ4v) is 2.09. The SMILES string of the molecule is CCC(C)CN(C)CC(CN)CC(C)C. The van der Waals surface area contributed by atoms with Crippen molar-refractivity contribution in [1.82, 2.24) is 4.90 Å². The average molecular weight is 214 g/mol. The highest BCUT2D eigenvalue weighted by Gasteiger charge is 2.13. The molecule has 0 aromatic rings. The van der Waals surface area contributed by atoms with E-state index >= 15 is 0 Å². The van der Waals surface area contributed by atoms with E-state index in [0.717, 1.165) is 24.9 Å². The van der Waals surface area contributed by atoms with Crippen LogP contribution in [0.2, 0.25) is 0 Å². The number of nitrogens with zero attached hydrogens (tertiary/aromatic N) is 1. The van der Waals surface area contributed by atoms with Crippen LogP contribution >= 0.6 is 0 Å². The molecule has 0 spiro atoms. The largest absolute Gasteiger partial charge is 0.330 e. The van der Waals surface area contributed by atoms with Gasteiger partial charge in [0.15, 0.2) is 0 Å². The molecule has 0 aliphatic heterocycles. The van der Waals surface area contributed by atoms with Gasteiger partial charge in [-0.3, -0.25) is 0 Å². The Labute approximate surface area is 96.2 Å². The summed E-state index contributed by atoms with van der Waals surface area (Å²) < 4.78 is 0. The van der Waals surface area contributed by atoms with E-state index in [2.05, 4.69) is 39.6 Å². The Kier molecular flexibility index (Phi) is 8.07. The molecule has 0 heterocycles. The minimum Gasteiger partial charge on any atom is -0.330 e. The molecule has 0 saturated carbocycles. The molecule has 2 N–H and O–H groups in total. The number of hydrogen-bond acceptors (Lipinski definition) is 2. The molecule has 0 saturated heterocycles. The zero-order valence-electron chi connectivity index (χ0n) is 11.3. The molecule has 2 heteroatoms. The normalized spacial score (nSPS) is 16.0. The average Bonchev–Trinajstić information content (AvgIpc) is 2.15. The zero-order chi connectivity index (χ0) is 11.8. The molecular weight excluding hydrogens is 184 g/mol. The summed E-state index contributed by atoms with van der Waals surface area (Å²) in [5.74, 6) is 2.22. The fraction of sp³-hybridized carbons (Fsp3) is 1.00. The molecule has 0 amide bonds. The summed E-state index contributed by atoms with van der Waals surface area (Å²) in [4.78, 5) is 2.44. The lowest BCUT2D eigenvalue weighted by Crippen LogP contribution is -2.33. The predicted molar refractivity (Wildman–Crippen MR) is 69.0 cm³/mol. The molecule has 0 aliphatic rings. The summed E-state index contributed by atoms with van der Waals surface area (Å²) >= 11 is 0. The Balaban J connectivity index is 3.84. The molecule has 0 radical (unpaired) electrons. The second-order valence-corrected chi connectivity index (χ2v) is 5.47. The molecule has 0 bridgehead atoms. The summed E-state index contributed by atoms with van der Waals surface area (Å²) in [6.45, 7) is 12.3. The van der Waals surface area contributed by atoms with Crippen molar-refractivity contribution in [1.29, 1.82) is 0 Å². The molecule has 15 heavy (non-hydrogen) atoms.